The molecule has 0 amide bonds. The quantitative estimate of drug-likeness (QED) is 0.406. The van der Waals surface area contributed by atoms with E-state index in [2.05, 4.69) is 27.7 Å². The second-order valence-electron chi connectivity index (χ2n) is 4.29. The molecule has 0 aliphatic rings. The molecule has 0 aliphatic carbocycles. The number of hydrogen-bond acceptors (Lipinski definition) is 1. The van der Waals surface area contributed by atoms with Crippen LogP contribution in [0, 0.1) is 0 Å². The van der Waals surface area contributed by atoms with E-state index in [0.717, 1.165) is 23.0 Å². The highest BCUT2D eigenvalue weighted by atomic mass is 35.5. The summed E-state index contributed by atoms with van der Waals surface area (Å²) in [4.78, 5) is 0. The Morgan fingerprint density at radius 1 is 1.42 bits per heavy atom. The highest BCUT2D eigenvalue weighted by Crippen LogP contribution is 2.04. The van der Waals surface area contributed by atoms with Gasteiger partial charge in [-0.05, 0) is 13.3 Å². The molecule has 0 saturated heterocycles. The predicted octanol–water partition coefficient (Wildman–Crippen LogP) is -1.98. The molecule has 0 aromatic carbocycles. The van der Waals surface area contributed by atoms with E-state index in [1.54, 1.807) is 0 Å². The molecule has 1 atom stereocenters. The molecule has 0 spiro atoms. The molecule has 2 nitrogen and oxygen atoms in total. The standard InChI is InChI=1S/C9H20NO.ClH/c1-8(2)6-9(11)7-10(3,4)5;/h9,11H,1,6-7H2,2-5H3;1H/q+1;/p-1. The Morgan fingerprint density at radius 2 is 1.83 bits per heavy atom. The van der Waals surface area contributed by atoms with Gasteiger partial charge in [0.15, 0.2) is 0 Å². The summed E-state index contributed by atoms with van der Waals surface area (Å²) in [6.07, 6.45) is 0.475. The molecule has 0 aliphatic heterocycles. The third-order valence-electron chi connectivity index (χ3n) is 1.34. The lowest BCUT2D eigenvalue weighted by Gasteiger charge is -2.26. The lowest BCUT2D eigenvalue weighted by atomic mass is 10.1. The van der Waals surface area contributed by atoms with Gasteiger partial charge in [0.1, 0.15) is 12.6 Å². The van der Waals surface area contributed by atoms with Crippen LogP contribution in [-0.2, 0) is 0 Å². The second kappa shape index (κ2) is 5.57. The summed E-state index contributed by atoms with van der Waals surface area (Å²) < 4.78 is 0.800. The molecule has 0 fully saturated rings. The average molecular weight is 194 g/mol. The van der Waals surface area contributed by atoms with Crippen LogP contribution >= 0.6 is 0 Å². The van der Waals surface area contributed by atoms with E-state index in [1.165, 1.54) is 0 Å². The molecule has 0 aromatic rings. The average Bonchev–Trinajstić information content (AvgIpc) is 1.53. The Hall–Kier alpha value is -0.0500. The smallest absolute Gasteiger partial charge is 0.107 e. The molecule has 0 rings (SSSR count). The summed E-state index contributed by atoms with van der Waals surface area (Å²) in [5, 5.41) is 9.48. The second-order valence-corrected chi connectivity index (χ2v) is 4.29. The van der Waals surface area contributed by atoms with E-state index in [1.807, 2.05) is 6.92 Å². The summed E-state index contributed by atoms with van der Waals surface area (Å²) in [5.74, 6) is 0. The van der Waals surface area contributed by atoms with Crippen molar-refractivity contribution in [3.8, 4) is 0 Å². The highest BCUT2D eigenvalue weighted by Gasteiger charge is 2.14. The first-order chi connectivity index (χ1) is 4.81. The van der Waals surface area contributed by atoms with E-state index in [9.17, 15) is 5.11 Å². The van der Waals surface area contributed by atoms with Gasteiger partial charge in [0.25, 0.3) is 0 Å². The number of nitrogens with zero attached hydrogens (tertiary/aromatic N) is 1. The van der Waals surface area contributed by atoms with Crippen molar-refractivity contribution >= 4 is 0 Å². The molecular formula is C9H20ClNO. The van der Waals surface area contributed by atoms with Crippen molar-refractivity contribution in [1.82, 2.24) is 0 Å². The van der Waals surface area contributed by atoms with Gasteiger partial charge in [-0.25, -0.2) is 0 Å². The number of halogens is 1. The van der Waals surface area contributed by atoms with Crippen LogP contribution in [0.2, 0.25) is 0 Å². The van der Waals surface area contributed by atoms with Gasteiger partial charge in [0.2, 0.25) is 0 Å². The zero-order valence-electron chi connectivity index (χ0n) is 8.47. The summed E-state index contributed by atoms with van der Waals surface area (Å²) in [6.45, 7) is 6.49. The fourth-order valence-electron chi connectivity index (χ4n) is 1.10. The van der Waals surface area contributed by atoms with E-state index < -0.39 is 0 Å². The minimum atomic E-state index is -0.243. The van der Waals surface area contributed by atoms with Gasteiger partial charge in [-0.2, -0.15) is 0 Å². The van der Waals surface area contributed by atoms with Crippen molar-refractivity contribution in [2.24, 2.45) is 0 Å². The predicted molar refractivity (Wildman–Crippen MR) is 48.3 cm³/mol. The van der Waals surface area contributed by atoms with Gasteiger partial charge in [0, 0.05) is 0 Å². The van der Waals surface area contributed by atoms with Crippen LogP contribution in [-0.4, -0.2) is 43.4 Å². The van der Waals surface area contributed by atoms with Gasteiger partial charge >= 0.3 is 0 Å². The van der Waals surface area contributed by atoms with Crippen LogP contribution in [0.1, 0.15) is 13.3 Å². The van der Waals surface area contributed by atoms with Gasteiger partial charge in [-0.1, -0.05) is 5.57 Å². The third kappa shape index (κ3) is 9.95. The van der Waals surface area contributed by atoms with E-state index in [0.29, 0.717) is 0 Å². The van der Waals surface area contributed by atoms with E-state index >= 15 is 0 Å². The molecule has 0 heterocycles. The van der Waals surface area contributed by atoms with Gasteiger partial charge < -0.3 is 22.0 Å². The molecule has 3 heteroatoms. The Balaban J connectivity index is 0. The van der Waals surface area contributed by atoms with E-state index in [4.69, 9.17) is 0 Å². The molecule has 12 heavy (non-hydrogen) atoms. The Morgan fingerprint density at radius 3 is 2.08 bits per heavy atom. The number of likely N-dealkylation sites (N-methyl/N-ethyl adjacent to an activating group) is 1. The lowest BCUT2D eigenvalue weighted by Crippen LogP contribution is -3.00. The van der Waals surface area contributed by atoms with Crippen molar-refractivity contribution in [3.05, 3.63) is 12.2 Å². The molecule has 1 N–H and O–H groups in total. The number of rotatable bonds is 4. The third-order valence-corrected chi connectivity index (χ3v) is 1.34. The molecule has 74 valence electrons. The number of aliphatic hydroxyl groups is 1. The topological polar surface area (TPSA) is 20.2 Å². The minimum Gasteiger partial charge on any atom is -1.00 e. The van der Waals surface area contributed by atoms with Crippen molar-refractivity contribution in [3.63, 3.8) is 0 Å². The van der Waals surface area contributed by atoms with Crippen LogP contribution in [0.3, 0.4) is 0 Å². The molecule has 0 radical (unpaired) electrons. The van der Waals surface area contributed by atoms with Crippen LogP contribution in [0.5, 0.6) is 0 Å². The van der Waals surface area contributed by atoms with Crippen molar-refractivity contribution in [1.29, 1.82) is 0 Å². The fourth-order valence-corrected chi connectivity index (χ4v) is 1.10. The van der Waals surface area contributed by atoms with Gasteiger partial charge in [0.05, 0.1) is 21.1 Å². The van der Waals surface area contributed by atoms with E-state index in [-0.39, 0.29) is 18.5 Å². The molecule has 0 aromatic heterocycles. The first kappa shape index (κ1) is 14.5. The van der Waals surface area contributed by atoms with Crippen LogP contribution in [0.25, 0.3) is 0 Å². The molecule has 1 unspecified atom stereocenters. The maximum Gasteiger partial charge on any atom is 0.107 e. The van der Waals surface area contributed by atoms with Crippen molar-refractivity contribution in [2.45, 2.75) is 19.4 Å². The van der Waals surface area contributed by atoms with Gasteiger partial charge in [-0.3, -0.25) is 0 Å². The van der Waals surface area contributed by atoms with Gasteiger partial charge in [-0.15, -0.1) is 6.58 Å². The number of aliphatic hydroxyl groups excluding tert-OH is 1. The first-order valence-electron chi connectivity index (χ1n) is 3.94. The summed E-state index contributed by atoms with van der Waals surface area (Å²) in [7, 11) is 6.21. The zero-order valence-corrected chi connectivity index (χ0v) is 9.23. The van der Waals surface area contributed by atoms with Crippen LogP contribution in [0.15, 0.2) is 12.2 Å². The number of hydrogen-bond donors (Lipinski definition) is 1. The van der Waals surface area contributed by atoms with Crippen LogP contribution in [0.4, 0.5) is 0 Å². The maximum absolute atomic E-state index is 9.48. The van der Waals surface area contributed by atoms with Crippen molar-refractivity contribution < 1.29 is 22.0 Å². The Kier molecular flexibility index (Phi) is 6.72. The molecule has 0 bridgehead atoms. The summed E-state index contributed by atoms with van der Waals surface area (Å²) in [6, 6.07) is 0. The Bertz CT molecular complexity index is 140. The SMILES string of the molecule is C=C(C)CC(O)C[N+](C)(C)C.[Cl-]. The summed E-state index contributed by atoms with van der Waals surface area (Å²) >= 11 is 0. The molecule has 0 saturated carbocycles. The number of quaternary nitrogens is 1. The molecular weight excluding hydrogens is 174 g/mol. The zero-order chi connectivity index (χ0) is 9.07. The maximum atomic E-state index is 9.48. The monoisotopic (exact) mass is 193 g/mol. The Labute approximate surface area is 81.9 Å². The minimum absolute atomic E-state index is 0. The largest absolute Gasteiger partial charge is 1.00 e. The highest BCUT2D eigenvalue weighted by molar-refractivity contribution is 4.90. The fraction of sp³-hybridized carbons (Fsp3) is 0.778. The summed E-state index contributed by atoms with van der Waals surface area (Å²) in [5.41, 5.74) is 1.05. The van der Waals surface area contributed by atoms with Crippen LogP contribution < -0.4 is 12.4 Å². The lowest BCUT2D eigenvalue weighted by molar-refractivity contribution is -0.873. The normalized spacial score (nSPS) is 13.4. The van der Waals surface area contributed by atoms with Crippen molar-refractivity contribution in [2.75, 3.05) is 27.7 Å². The first-order valence-corrected chi connectivity index (χ1v) is 3.94.